The third-order valence-electron chi connectivity index (χ3n) is 4.57. The lowest BCUT2D eigenvalue weighted by Crippen LogP contribution is -2.49. The Morgan fingerprint density at radius 1 is 1.25 bits per heavy atom. The molecule has 2 heterocycles. The smallest absolute Gasteiger partial charge is 0.368 e. The Labute approximate surface area is 158 Å². The molecule has 8 nitrogen and oxygen atoms in total. The van der Waals surface area contributed by atoms with Crippen molar-refractivity contribution in [3.05, 3.63) is 51.8 Å². The Hall–Kier alpha value is -3.11. The van der Waals surface area contributed by atoms with Crippen LogP contribution in [0.25, 0.3) is 0 Å². The summed E-state index contributed by atoms with van der Waals surface area (Å²) in [7, 11) is 0. The topological polar surface area (TPSA) is 84.5 Å². The summed E-state index contributed by atoms with van der Waals surface area (Å²) in [4.78, 5) is 26.4. The number of hydrogen-bond donors (Lipinski definition) is 0. The number of carbonyl (C=O) groups excluding carboxylic acids is 1. The minimum atomic E-state index is -4.43. The van der Waals surface area contributed by atoms with Crippen molar-refractivity contribution in [2.75, 3.05) is 31.1 Å². The summed E-state index contributed by atoms with van der Waals surface area (Å²) in [6.07, 6.45) is -3.21. The fraction of sp³-hybridized carbons (Fsp3) is 0.412. The Balaban J connectivity index is 1.72. The van der Waals surface area contributed by atoms with E-state index in [9.17, 15) is 28.1 Å². The molecule has 3 rings (SSSR count). The number of halogens is 3. The van der Waals surface area contributed by atoms with Crippen molar-refractivity contribution in [1.82, 2.24) is 14.7 Å². The van der Waals surface area contributed by atoms with Crippen LogP contribution in [0.15, 0.2) is 30.5 Å². The van der Waals surface area contributed by atoms with Crippen LogP contribution >= 0.6 is 0 Å². The summed E-state index contributed by atoms with van der Waals surface area (Å²) >= 11 is 0. The molecule has 1 aliphatic rings. The van der Waals surface area contributed by atoms with Crippen molar-refractivity contribution in [3.63, 3.8) is 0 Å². The van der Waals surface area contributed by atoms with Crippen molar-refractivity contribution in [2.45, 2.75) is 19.6 Å². The van der Waals surface area contributed by atoms with Crippen LogP contribution in [0.5, 0.6) is 0 Å². The largest absolute Gasteiger partial charge is 0.416 e. The highest BCUT2D eigenvalue weighted by Gasteiger charge is 2.33. The molecule has 0 bridgehead atoms. The Morgan fingerprint density at radius 2 is 1.93 bits per heavy atom. The molecule has 1 amide bonds. The lowest BCUT2D eigenvalue weighted by atomic mass is 10.1. The molecule has 1 saturated heterocycles. The highest BCUT2D eigenvalue weighted by molar-refractivity contribution is 5.96. The number of carbonyl (C=O) groups is 1. The molecule has 0 unspecified atom stereocenters. The number of amides is 1. The number of aromatic nitrogens is 2. The molecule has 0 spiro atoms. The van der Waals surface area contributed by atoms with E-state index >= 15 is 0 Å². The molecule has 1 fully saturated rings. The summed E-state index contributed by atoms with van der Waals surface area (Å²) < 4.78 is 40.0. The Kier molecular flexibility index (Phi) is 5.25. The van der Waals surface area contributed by atoms with Gasteiger partial charge in [0.25, 0.3) is 5.91 Å². The number of aryl methyl sites for hydroxylation is 1. The SMILES string of the molecule is CCn1cc([N+](=O)[O-])c(C(=O)N2CCN(c3cccc(C(F)(F)F)c3)CC2)n1. The van der Waals surface area contributed by atoms with Crippen molar-refractivity contribution < 1.29 is 22.9 Å². The maximum atomic E-state index is 12.9. The second-order valence-corrected chi connectivity index (χ2v) is 6.30. The number of rotatable bonds is 4. The second-order valence-electron chi connectivity index (χ2n) is 6.30. The molecule has 1 aromatic carbocycles. The van der Waals surface area contributed by atoms with Crippen LogP contribution in [0, 0.1) is 10.1 Å². The van der Waals surface area contributed by atoms with Gasteiger partial charge in [-0.2, -0.15) is 18.3 Å². The molecule has 150 valence electrons. The van der Waals surface area contributed by atoms with E-state index in [1.807, 2.05) is 0 Å². The first-order valence-corrected chi connectivity index (χ1v) is 8.64. The number of hydrogen-bond acceptors (Lipinski definition) is 5. The first-order valence-electron chi connectivity index (χ1n) is 8.64. The number of piperazine rings is 1. The molecule has 0 atom stereocenters. The molecular formula is C17H18F3N5O3. The molecule has 1 aromatic heterocycles. The quantitative estimate of drug-likeness (QED) is 0.585. The van der Waals surface area contributed by atoms with Crippen LogP contribution in [0.2, 0.25) is 0 Å². The van der Waals surface area contributed by atoms with Gasteiger partial charge in [-0.05, 0) is 25.1 Å². The van der Waals surface area contributed by atoms with Gasteiger partial charge in [0.2, 0.25) is 5.69 Å². The normalized spacial score (nSPS) is 15.0. The summed E-state index contributed by atoms with van der Waals surface area (Å²) in [5.74, 6) is -0.553. The molecule has 28 heavy (non-hydrogen) atoms. The van der Waals surface area contributed by atoms with Crippen LogP contribution in [0.1, 0.15) is 23.0 Å². The van der Waals surface area contributed by atoms with Crippen LogP contribution in [-0.4, -0.2) is 51.7 Å². The van der Waals surface area contributed by atoms with Crippen LogP contribution in [0.3, 0.4) is 0 Å². The van der Waals surface area contributed by atoms with E-state index in [0.29, 0.717) is 25.3 Å². The minimum absolute atomic E-state index is 0.223. The molecule has 0 radical (unpaired) electrons. The maximum absolute atomic E-state index is 12.9. The third kappa shape index (κ3) is 3.92. The number of nitrogens with zero attached hydrogens (tertiary/aromatic N) is 5. The van der Waals surface area contributed by atoms with E-state index in [-0.39, 0.29) is 24.5 Å². The third-order valence-corrected chi connectivity index (χ3v) is 4.57. The predicted molar refractivity (Wildman–Crippen MR) is 94.1 cm³/mol. The molecule has 0 N–H and O–H groups in total. The number of alkyl halides is 3. The monoisotopic (exact) mass is 397 g/mol. The Bertz CT molecular complexity index is 888. The molecule has 11 heteroatoms. The zero-order valence-corrected chi connectivity index (χ0v) is 15.0. The summed E-state index contributed by atoms with van der Waals surface area (Å²) in [5, 5.41) is 15.2. The van der Waals surface area contributed by atoms with Crippen LogP contribution < -0.4 is 4.90 Å². The summed E-state index contributed by atoms with van der Waals surface area (Å²) in [5.41, 5.74) is -0.890. The lowest BCUT2D eigenvalue weighted by Gasteiger charge is -2.36. The fourth-order valence-electron chi connectivity index (χ4n) is 3.06. The van der Waals surface area contributed by atoms with Gasteiger partial charge in [-0.1, -0.05) is 6.07 Å². The van der Waals surface area contributed by atoms with Gasteiger partial charge in [-0.15, -0.1) is 0 Å². The first-order chi connectivity index (χ1) is 13.2. The van der Waals surface area contributed by atoms with E-state index in [0.717, 1.165) is 12.1 Å². The average molecular weight is 397 g/mol. The van der Waals surface area contributed by atoms with Gasteiger partial charge >= 0.3 is 11.9 Å². The molecule has 0 aliphatic carbocycles. The first kappa shape index (κ1) is 19.6. The highest BCUT2D eigenvalue weighted by atomic mass is 19.4. The summed E-state index contributed by atoms with van der Waals surface area (Å²) in [6, 6.07) is 5.01. The highest BCUT2D eigenvalue weighted by Crippen LogP contribution is 2.32. The minimum Gasteiger partial charge on any atom is -0.368 e. The van der Waals surface area contributed by atoms with Crippen LogP contribution in [-0.2, 0) is 12.7 Å². The zero-order chi connectivity index (χ0) is 20.5. The average Bonchev–Trinajstić information content (AvgIpc) is 3.12. The van der Waals surface area contributed by atoms with Gasteiger partial charge in [0, 0.05) is 38.4 Å². The Morgan fingerprint density at radius 3 is 2.50 bits per heavy atom. The molecule has 0 saturated carbocycles. The van der Waals surface area contributed by atoms with Gasteiger partial charge in [0.15, 0.2) is 0 Å². The number of anilines is 1. The van der Waals surface area contributed by atoms with Crippen molar-refractivity contribution in [1.29, 1.82) is 0 Å². The van der Waals surface area contributed by atoms with Gasteiger partial charge in [-0.3, -0.25) is 19.6 Å². The fourth-order valence-corrected chi connectivity index (χ4v) is 3.06. The van der Waals surface area contributed by atoms with Crippen molar-refractivity contribution in [3.8, 4) is 0 Å². The number of nitro groups is 1. The molecule has 1 aliphatic heterocycles. The molecular weight excluding hydrogens is 379 g/mol. The van der Waals surface area contributed by atoms with E-state index in [1.165, 1.54) is 21.8 Å². The van der Waals surface area contributed by atoms with Gasteiger partial charge < -0.3 is 9.80 Å². The van der Waals surface area contributed by atoms with E-state index in [1.54, 1.807) is 17.9 Å². The van der Waals surface area contributed by atoms with Gasteiger partial charge in [0.05, 0.1) is 10.5 Å². The van der Waals surface area contributed by atoms with Gasteiger partial charge in [0.1, 0.15) is 6.20 Å². The number of benzene rings is 1. The van der Waals surface area contributed by atoms with Crippen molar-refractivity contribution >= 4 is 17.3 Å². The lowest BCUT2D eigenvalue weighted by molar-refractivity contribution is -0.385. The second kappa shape index (κ2) is 7.49. The van der Waals surface area contributed by atoms with Crippen LogP contribution in [0.4, 0.5) is 24.5 Å². The maximum Gasteiger partial charge on any atom is 0.416 e. The summed E-state index contributed by atoms with van der Waals surface area (Å²) in [6.45, 7) is 3.22. The predicted octanol–water partition coefficient (Wildman–Crippen LogP) is 2.79. The van der Waals surface area contributed by atoms with Gasteiger partial charge in [-0.25, -0.2) is 0 Å². The van der Waals surface area contributed by atoms with E-state index < -0.39 is 22.6 Å². The molecule has 2 aromatic rings. The van der Waals surface area contributed by atoms with E-state index in [4.69, 9.17) is 0 Å². The van der Waals surface area contributed by atoms with Crippen molar-refractivity contribution in [2.24, 2.45) is 0 Å². The van der Waals surface area contributed by atoms with E-state index in [2.05, 4.69) is 5.10 Å². The standard InChI is InChI=1S/C17H18F3N5O3/c1-2-24-11-14(25(27)28)15(21-24)16(26)23-8-6-22(7-9-23)13-5-3-4-12(10-13)17(18,19)20/h3-5,10-11H,2,6-9H2,1H3. The zero-order valence-electron chi connectivity index (χ0n) is 15.0.